The van der Waals surface area contributed by atoms with E-state index >= 15 is 0 Å². The van der Waals surface area contributed by atoms with E-state index in [9.17, 15) is 14.7 Å². The Morgan fingerprint density at radius 1 is 0.707 bits per heavy atom. The molecule has 0 radical (unpaired) electrons. The van der Waals surface area contributed by atoms with Gasteiger partial charge < -0.3 is 24.3 Å². The van der Waals surface area contributed by atoms with Gasteiger partial charge in [-0.15, -0.1) is 0 Å². The number of hydroxylamine groups is 1. The van der Waals surface area contributed by atoms with Crippen molar-refractivity contribution >= 4 is 23.6 Å². The van der Waals surface area contributed by atoms with E-state index in [1.165, 1.54) is 11.8 Å². The van der Waals surface area contributed by atoms with Crippen molar-refractivity contribution in [2.45, 2.75) is 75.4 Å². The number of nitrogens with one attached hydrogen (secondary N) is 2. The molecular formula is C47H47N3O7S. The lowest BCUT2D eigenvalue weighted by molar-refractivity contribution is -0.245. The third-order valence-corrected chi connectivity index (χ3v) is 11.1. The van der Waals surface area contributed by atoms with Crippen LogP contribution in [0.1, 0.15) is 73.2 Å². The second-order valence-corrected chi connectivity index (χ2v) is 15.2. The summed E-state index contributed by atoms with van der Waals surface area (Å²) in [6.45, 7) is 0.360. The zero-order chi connectivity index (χ0) is 40.1. The maximum absolute atomic E-state index is 12.6. The number of amides is 2. The molecule has 1 saturated heterocycles. The molecule has 11 heteroatoms. The number of aliphatic hydroxyl groups excluding tert-OH is 1. The predicted molar refractivity (Wildman–Crippen MR) is 223 cm³/mol. The quantitative estimate of drug-likeness (QED) is 0.0307. The topological polar surface area (TPSA) is 143 Å². The molecule has 0 saturated carbocycles. The molecule has 1 aliphatic heterocycles. The van der Waals surface area contributed by atoms with E-state index in [0.29, 0.717) is 43.2 Å². The fraction of sp³-hybridized carbons (Fsp3) is 0.255. The van der Waals surface area contributed by atoms with E-state index in [4.69, 9.17) is 24.1 Å². The van der Waals surface area contributed by atoms with Crippen molar-refractivity contribution in [2.75, 3.05) is 5.75 Å². The first-order valence-corrected chi connectivity index (χ1v) is 20.6. The molecule has 1 aromatic heterocycles. The number of ether oxygens (including phenoxy) is 2. The third-order valence-electron chi connectivity index (χ3n) is 10.1. The second kappa shape index (κ2) is 20.2. The Kier molecular flexibility index (Phi) is 14.2. The Labute approximate surface area is 342 Å². The minimum Gasteiger partial charge on any atom is -0.431 e. The van der Waals surface area contributed by atoms with Gasteiger partial charge in [-0.2, -0.15) is 0 Å². The number of carbonyl (C=O) groups is 2. The first-order valence-electron chi connectivity index (χ1n) is 19.6. The molecule has 3 atom stereocenters. The highest BCUT2D eigenvalue weighted by Crippen LogP contribution is 2.41. The van der Waals surface area contributed by atoms with Gasteiger partial charge in [0.15, 0.2) is 12.1 Å². The van der Waals surface area contributed by atoms with Crippen LogP contribution in [0, 0.1) is 0 Å². The van der Waals surface area contributed by atoms with Gasteiger partial charge in [0.2, 0.25) is 11.8 Å². The average Bonchev–Trinajstić information content (AvgIpc) is 3.72. The molecule has 2 amide bonds. The first-order chi connectivity index (χ1) is 28.5. The van der Waals surface area contributed by atoms with Crippen molar-refractivity contribution in [3.8, 4) is 33.7 Å². The standard InChI is InChI=1S/C47H47N3O7S/c51-30-32-20-22-34(23-21-32)41-28-39(31-58-47-49-44(35-12-4-1-5-13-35)45(57-47)36-14-6-2-7-15-36)55-46(56-41)37-26-24-33(25-27-37)40-17-11-10-16-38(40)29-48-42(52)18-8-3-9-19-43(53)50-54/h1-2,4-7,10-17,20-27,39,41,46,51,54H,3,8-9,18-19,28-31H2,(H,48,52)(H,50,53). The van der Waals surface area contributed by atoms with Crippen LogP contribution in [0.25, 0.3) is 33.7 Å². The van der Waals surface area contributed by atoms with Crippen molar-refractivity contribution in [3.05, 3.63) is 156 Å². The highest BCUT2D eigenvalue weighted by atomic mass is 32.2. The number of hydrogen-bond donors (Lipinski definition) is 4. The highest BCUT2D eigenvalue weighted by Gasteiger charge is 2.33. The number of benzene rings is 5. The van der Waals surface area contributed by atoms with Crippen LogP contribution in [-0.4, -0.2) is 39.0 Å². The Bertz CT molecular complexity index is 2170. The molecule has 58 heavy (non-hydrogen) atoms. The van der Waals surface area contributed by atoms with Crippen molar-refractivity contribution in [3.63, 3.8) is 0 Å². The van der Waals surface area contributed by atoms with Crippen LogP contribution in [0.5, 0.6) is 0 Å². The monoisotopic (exact) mass is 797 g/mol. The summed E-state index contributed by atoms with van der Waals surface area (Å²) in [4.78, 5) is 28.8. The maximum atomic E-state index is 12.6. The summed E-state index contributed by atoms with van der Waals surface area (Å²) in [5.41, 5.74) is 10.1. The molecule has 10 nitrogen and oxygen atoms in total. The number of unbranched alkanes of at least 4 members (excludes halogenated alkanes) is 2. The number of carbonyl (C=O) groups excluding carboxylic acids is 2. The molecule has 0 bridgehead atoms. The second-order valence-electron chi connectivity index (χ2n) is 14.2. The third kappa shape index (κ3) is 10.7. The van der Waals surface area contributed by atoms with Gasteiger partial charge in [-0.1, -0.05) is 152 Å². The van der Waals surface area contributed by atoms with Gasteiger partial charge in [0.25, 0.3) is 5.22 Å². The molecule has 298 valence electrons. The smallest absolute Gasteiger partial charge is 0.256 e. The van der Waals surface area contributed by atoms with Crippen molar-refractivity contribution in [1.29, 1.82) is 0 Å². The Balaban J connectivity index is 1.05. The highest BCUT2D eigenvalue weighted by molar-refractivity contribution is 7.99. The van der Waals surface area contributed by atoms with Gasteiger partial charge in [-0.05, 0) is 40.7 Å². The SMILES string of the molecule is O=C(CCCCCC(=O)NCc1ccccc1-c1ccc(C2OC(CSc3nc(-c4ccccc4)c(-c4ccccc4)o3)CC(c3ccc(CO)cc3)O2)cc1)NO. The molecule has 0 aliphatic carbocycles. The van der Waals surface area contributed by atoms with E-state index in [0.717, 1.165) is 62.4 Å². The largest absolute Gasteiger partial charge is 0.431 e. The zero-order valence-corrected chi connectivity index (χ0v) is 32.9. The van der Waals surface area contributed by atoms with Crippen LogP contribution >= 0.6 is 11.8 Å². The molecule has 5 aromatic carbocycles. The number of nitrogens with zero attached hydrogens (tertiary/aromatic N) is 1. The molecule has 1 aliphatic rings. The minimum absolute atomic E-state index is 0.0280. The van der Waals surface area contributed by atoms with E-state index in [-0.39, 0.29) is 31.1 Å². The van der Waals surface area contributed by atoms with Gasteiger partial charge in [-0.25, -0.2) is 10.5 Å². The molecule has 7 rings (SSSR count). The summed E-state index contributed by atoms with van der Waals surface area (Å²) in [6.07, 6.45) is 2.16. The molecule has 3 unspecified atom stereocenters. The fourth-order valence-corrected chi connectivity index (χ4v) is 7.83. The Morgan fingerprint density at radius 2 is 1.36 bits per heavy atom. The van der Waals surface area contributed by atoms with Crippen LogP contribution in [-0.2, 0) is 32.2 Å². The van der Waals surface area contributed by atoms with E-state index in [2.05, 4.69) is 17.4 Å². The van der Waals surface area contributed by atoms with Gasteiger partial charge in [0, 0.05) is 48.3 Å². The van der Waals surface area contributed by atoms with Gasteiger partial charge in [-0.3, -0.25) is 14.8 Å². The van der Waals surface area contributed by atoms with Crippen molar-refractivity contribution in [2.24, 2.45) is 0 Å². The molecule has 6 aromatic rings. The lowest BCUT2D eigenvalue weighted by atomic mass is 9.97. The van der Waals surface area contributed by atoms with Gasteiger partial charge in [0.1, 0.15) is 5.69 Å². The maximum Gasteiger partial charge on any atom is 0.256 e. The number of rotatable bonds is 17. The summed E-state index contributed by atoms with van der Waals surface area (Å²) in [7, 11) is 0. The lowest BCUT2D eigenvalue weighted by Gasteiger charge is -2.36. The van der Waals surface area contributed by atoms with Crippen LogP contribution in [0.2, 0.25) is 0 Å². The summed E-state index contributed by atoms with van der Waals surface area (Å²) < 4.78 is 19.7. The van der Waals surface area contributed by atoms with Gasteiger partial charge in [0.05, 0.1) is 18.8 Å². The number of aromatic nitrogens is 1. The summed E-state index contributed by atoms with van der Waals surface area (Å²) in [6, 6.07) is 44.1. The Hall–Kier alpha value is -5.56. The van der Waals surface area contributed by atoms with Gasteiger partial charge >= 0.3 is 0 Å². The molecular weight excluding hydrogens is 751 g/mol. The minimum atomic E-state index is -0.632. The van der Waals surface area contributed by atoms with Crippen LogP contribution in [0.15, 0.2) is 143 Å². The van der Waals surface area contributed by atoms with E-state index in [1.807, 2.05) is 121 Å². The number of oxazole rings is 1. The number of thioether (sulfide) groups is 1. The van der Waals surface area contributed by atoms with E-state index in [1.54, 1.807) is 5.48 Å². The Morgan fingerprint density at radius 3 is 2.07 bits per heavy atom. The first kappa shape index (κ1) is 40.6. The van der Waals surface area contributed by atoms with Crippen LogP contribution in [0.4, 0.5) is 0 Å². The average molecular weight is 798 g/mol. The lowest BCUT2D eigenvalue weighted by Crippen LogP contribution is -2.31. The summed E-state index contributed by atoms with van der Waals surface area (Å²) in [5.74, 6) is 0.851. The number of aliphatic hydroxyl groups is 1. The van der Waals surface area contributed by atoms with E-state index < -0.39 is 12.2 Å². The normalized spacial score (nSPS) is 16.5. The molecule has 0 spiro atoms. The van der Waals surface area contributed by atoms with Crippen molar-refractivity contribution < 1.29 is 33.8 Å². The summed E-state index contributed by atoms with van der Waals surface area (Å²) in [5, 5.41) is 21.9. The summed E-state index contributed by atoms with van der Waals surface area (Å²) >= 11 is 1.52. The van der Waals surface area contributed by atoms with Crippen LogP contribution < -0.4 is 10.8 Å². The van der Waals surface area contributed by atoms with Crippen LogP contribution in [0.3, 0.4) is 0 Å². The zero-order valence-electron chi connectivity index (χ0n) is 32.1. The molecule has 1 fully saturated rings. The molecule has 2 heterocycles. The van der Waals surface area contributed by atoms with Crippen molar-refractivity contribution in [1.82, 2.24) is 15.8 Å². The number of hydrogen-bond acceptors (Lipinski definition) is 9. The fourth-order valence-electron chi connectivity index (χ4n) is 6.99. The predicted octanol–water partition coefficient (Wildman–Crippen LogP) is 9.58. The molecule has 4 N–H and O–H groups in total.